The van der Waals surface area contributed by atoms with Crippen LogP contribution >= 0.6 is 0 Å². The van der Waals surface area contributed by atoms with Crippen molar-refractivity contribution >= 4 is 5.96 Å². The zero-order valence-electron chi connectivity index (χ0n) is 7.45. The monoisotopic (exact) mass is 171 g/mol. The largest absolute Gasteiger partial charge is 0.393 e. The van der Waals surface area contributed by atoms with Gasteiger partial charge in [-0.2, -0.15) is 0 Å². The highest BCUT2D eigenvalue weighted by molar-refractivity contribution is 5.77. The number of aliphatic imine (C=N–C) groups is 1. The van der Waals surface area contributed by atoms with E-state index < -0.39 is 0 Å². The summed E-state index contributed by atoms with van der Waals surface area (Å²) in [5.74, 6) is 1.05. The maximum Gasteiger partial charge on any atom is 0.188 e. The van der Waals surface area contributed by atoms with E-state index in [4.69, 9.17) is 10.8 Å². The molecule has 1 saturated carbocycles. The smallest absolute Gasteiger partial charge is 0.188 e. The van der Waals surface area contributed by atoms with Gasteiger partial charge in [-0.1, -0.05) is 0 Å². The summed E-state index contributed by atoms with van der Waals surface area (Å²) in [7, 11) is 0. The normalized spacial score (nSPS) is 29.7. The quantitative estimate of drug-likeness (QED) is 0.402. The van der Waals surface area contributed by atoms with Crippen LogP contribution in [0.25, 0.3) is 0 Å². The van der Waals surface area contributed by atoms with Crippen LogP contribution in [0.3, 0.4) is 0 Å². The Balaban J connectivity index is 2.11. The number of nitrogens with one attached hydrogen (secondary N) is 1. The molecule has 4 heteroatoms. The lowest BCUT2D eigenvalue weighted by atomic mass is 9.83. The SMILES string of the molecule is CCNC(N)=NCC1CC(O)C1. The third-order valence-electron chi connectivity index (χ3n) is 2.09. The second kappa shape index (κ2) is 4.30. The van der Waals surface area contributed by atoms with Crippen LogP contribution in [0, 0.1) is 5.92 Å². The molecule has 0 radical (unpaired) electrons. The molecule has 0 aromatic heterocycles. The predicted molar refractivity (Wildman–Crippen MR) is 48.9 cm³/mol. The minimum atomic E-state index is -0.0921. The second-order valence-electron chi connectivity index (χ2n) is 3.25. The molecule has 0 heterocycles. The van der Waals surface area contributed by atoms with Gasteiger partial charge in [0.1, 0.15) is 0 Å². The summed E-state index contributed by atoms with van der Waals surface area (Å²) in [6, 6.07) is 0. The fourth-order valence-corrected chi connectivity index (χ4v) is 1.31. The zero-order chi connectivity index (χ0) is 8.97. The maximum atomic E-state index is 8.99. The second-order valence-corrected chi connectivity index (χ2v) is 3.25. The van der Waals surface area contributed by atoms with E-state index >= 15 is 0 Å². The Hall–Kier alpha value is -0.770. The van der Waals surface area contributed by atoms with Crippen molar-refractivity contribution in [1.82, 2.24) is 5.32 Å². The number of aliphatic hydroxyl groups is 1. The lowest BCUT2D eigenvalue weighted by molar-refractivity contribution is 0.0471. The van der Waals surface area contributed by atoms with Gasteiger partial charge in [-0.05, 0) is 25.7 Å². The molecule has 0 saturated heterocycles. The van der Waals surface area contributed by atoms with Gasteiger partial charge in [0.25, 0.3) is 0 Å². The Morgan fingerprint density at radius 2 is 2.33 bits per heavy atom. The Morgan fingerprint density at radius 1 is 1.67 bits per heavy atom. The first-order valence-electron chi connectivity index (χ1n) is 4.44. The van der Waals surface area contributed by atoms with Crippen LogP contribution < -0.4 is 11.1 Å². The van der Waals surface area contributed by atoms with Gasteiger partial charge in [0.05, 0.1) is 6.10 Å². The van der Waals surface area contributed by atoms with Crippen molar-refractivity contribution in [2.75, 3.05) is 13.1 Å². The van der Waals surface area contributed by atoms with Crippen molar-refractivity contribution in [3.8, 4) is 0 Å². The summed E-state index contributed by atoms with van der Waals surface area (Å²) >= 11 is 0. The number of nitrogens with two attached hydrogens (primary N) is 1. The highest BCUT2D eigenvalue weighted by Gasteiger charge is 2.26. The standard InChI is InChI=1S/C8H17N3O/c1-2-10-8(9)11-5-6-3-7(12)4-6/h6-7,12H,2-5H2,1H3,(H3,9,10,11). The minimum Gasteiger partial charge on any atom is -0.393 e. The van der Waals surface area contributed by atoms with Crippen LogP contribution in [0.2, 0.25) is 0 Å². The average molecular weight is 171 g/mol. The number of nitrogens with zero attached hydrogens (tertiary/aromatic N) is 1. The van der Waals surface area contributed by atoms with E-state index in [0.29, 0.717) is 11.9 Å². The number of hydrogen-bond donors (Lipinski definition) is 3. The first-order chi connectivity index (χ1) is 5.72. The Kier molecular flexibility index (Phi) is 3.34. The molecular formula is C8H17N3O. The van der Waals surface area contributed by atoms with E-state index in [1.807, 2.05) is 6.92 Å². The molecule has 1 aliphatic rings. The van der Waals surface area contributed by atoms with E-state index in [1.54, 1.807) is 0 Å². The van der Waals surface area contributed by atoms with E-state index in [9.17, 15) is 0 Å². The molecule has 0 bridgehead atoms. The van der Waals surface area contributed by atoms with E-state index in [-0.39, 0.29) is 6.10 Å². The van der Waals surface area contributed by atoms with E-state index in [1.165, 1.54) is 0 Å². The Bertz CT molecular complexity index is 164. The lowest BCUT2D eigenvalue weighted by Crippen LogP contribution is -2.34. The fraction of sp³-hybridized carbons (Fsp3) is 0.875. The van der Waals surface area contributed by atoms with E-state index in [0.717, 1.165) is 25.9 Å². The van der Waals surface area contributed by atoms with Crippen LogP contribution in [0.5, 0.6) is 0 Å². The van der Waals surface area contributed by atoms with Crippen LogP contribution in [0.1, 0.15) is 19.8 Å². The molecule has 0 amide bonds. The number of guanidine groups is 1. The number of aliphatic hydroxyl groups excluding tert-OH is 1. The summed E-state index contributed by atoms with van der Waals surface area (Å²) in [4.78, 5) is 4.14. The Morgan fingerprint density at radius 3 is 2.83 bits per heavy atom. The van der Waals surface area contributed by atoms with Crippen LogP contribution in [-0.2, 0) is 0 Å². The lowest BCUT2D eigenvalue weighted by Gasteiger charge is -2.29. The van der Waals surface area contributed by atoms with Gasteiger partial charge in [0.15, 0.2) is 5.96 Å². The Labute approximate surface area is 72.9 Å². The highest BCUT2D eigenvalue weighted by Crippen LogP contribution is 2.26. The number of hydrogen-bond acceptors (Lipinski definition) is 2. The first kappa shape index (κ1) is 9.32. The molecule has 1 fully saturated rings. The van der Waals surface area contributed by atoms with E-state index in [2.05, 4.69) is 10.3 Å². The van der Waals surface area contributed by atoms with Gasteiger partial charge in [-0.3, -0.25) is 4.99 Å². The van der Waals surface area contributed by atoms with Crippen molar-refractivity contribution in [1.29, 1.82) is 0 Å². The third kappa shape index (κ3) is 2.70. The van der Waals surface area contributed by atoms with Gasteiger partial charge in [0.2, 0.25) is 0 Å². The van der Waals surface area contributed by atoms with Gasteiger partial charge < -0.3 is 16.2 Å². The molecule has 70 valence electrons. The van der Waals surface area contributed by atoms with Crippen molar-refractivity contribution in [2.24, 2.45) is 16.6 Å². The van der Waals surface area contributed by atoms with Crippen LogP contribution in [-0.4, -0.2) is 30.3 Å². The molecule has 0 aromatic rings. The fourth-order valence-electron chi connectivity index (χ4n) is 1.31. The summed E-state index contributed by atoms with van der Waals surface area (Å²) < 4.78 is 0. The molecule has 0 spiro atoms. The molecular weight excluding hydrogens is 154 g/mol. The first-order valence-corrected chi connectivity index (χ1v) is 4.44. The summed E-state index contributed by atoms with van der Waals surface area (Å²) in [5, 5.41) is 11.9. The van der Waals surface area contributed by atoms with Crippen LogP contribution in [0.15, 0.2) is 4.99 Å². The highest BCUT2D eigenvalue weighted by atomic mass is 16.3. The van der Waals surface area contributed by atoms with Crippen molar-refractivity contribution in [3.05, 3.63) is 0 Å². The third-order valence-corrected chi connectivity index (χ3v) is 2.09. The predicted octanol–water partition coefficient (Wildman–Crippen LogP) is -0.318. The minimum absolute atomic E-state index is 0.0921. The average Bonchev–Trinajstić information content (AvgIpc) is 1.96. The van der Waals surface area contributed by atoms with Crippen molar-refractivity contribution < 1.29 is 5.11 Å². The number of rotatable bonds is 3. The maximum absolute atomic E-state index is 8.99. The molecule has 0 atom stereocenters. The summed E-state index contributed by atoms with van der Waals surface area (Å²) in [6.07, 6.45) is 1.66. The summed E-state index contributed by atoms with van der Waals surface area (Å²) in [5.41, 5.74) is 5.52. The van der Waals surface area contributed by atoms with Gasteiger partial charge in [-0.25, -0.2) is 0 Å². The molecule has 0 aliphatic heterocycles. The van der Waals surface area contributed by atoms with Gasteiger partial charge in [0, 0.05) is 13.1 Å². The molecule has 12 heavy (non-hydrogen) atoms. The molecule has 1 aliphatic carbocycles. The topological polar surface area (TPSA) is 70.6 Å². The molecule has 1 rings (SSSR count). The molecule has 4 nitrogen and oxygen atoms in total. The van der Waals surface area contributed by atoms with Gasteiger partial charge in [-0.15, -0.1) is 0 Å². The van der Waals surface area contributed by atoms with Gasteiger partial charge >= 0.3 is 0 Å². The molecule has 0 aromatic carbocycles. The van der Waals surface area contributed by atoms with Crippen LogP contribution in [0.4, 0.5) is 0 Å². The molecule has 4 N–H and O–H groups in total. The summed E-state index contributed by atoms with van der Waals surface area (Å²) in [6.45, 7) is 3.54. The van der Waals surface area contributed by atoms with Crippen molar-refractivity contribution in [3.63, 3.8) is 0 Å². The van der Waals surface area contributed by atoms with Crippen molar-refractivity contribution in [2.45, 2.75) is 25.9 Å². The molecule has 0 unspecified atom stereocenters. The zero-order valence-corrected chi connectivity index (χ0v) is 7.45.